The number of nitrogens with zero attached hydrogens (tertiary/aromatic N) is 1. The SMILES string of the molecule is Fc1ccc(N(Cc2ccccc2)C2CCCCC2)c(F)[c]1[Ti]. The summed E-state index contributed by atoms with van der Waals surface area (Å²) in [6.45, 7) is 0.660. The fourth-order valence-electron chi connectivity index (χ4n) is 3.35. The van der Waals surface area contributed by atoms with Crippen LogP contribution in [0.3, 0.4) is 0 Å². The fourth-order valence-corrected chi connectivity index (χ4v) is 3.68. The molecule has 0 unspecified atom stereocenters. The molecule has 3 rings (SSSR count). The Morgan fingerprint density at radius 3 is 2.35 bits per heavy atom. The van der Waals surface area contributed by atoms with Crippen molar-refractivity contribution in [3.8, 4) is 0 Å². The van der Waals surface area contributed by atoms with Crippen LogP contribution in [0.1, 0.15) is 37.7 Å². The molecule has 1 saturated carbocycles. The van der Waals surface area contributed by atoms with E-state index < -0.39 is 11.6 Å². The zero-order valence-electron chi connectivity index (χ0n) is 13.1. The van der Waals surface area contributed by atoms with E-state index in [1.807, 2.05) is 18.2 Å². The van der Waals surface area contributed by atoms with Crippen molar-refractivity contribution in [2.24, 2.45) is 0 Å². The molecular weight excluding hydrogens is 328 g/mol. The van der Waals surface area contributed by atoms with Crippen LogP contribution < -0.4 is 8.77 Å². The van der Waals surface area contributed by atoms with E-state index in [2.05, 4.69) is 17.0 Å². The first-order chi connectivity index (χ1) is 11.2. The summed E-state index contributed by atoms with van der Waals surface area (Å²) in [7, 11) is 0. The van der Waals surface area contributed by atoms with Gasteiger partial charge in [0.15, 0.2) is 0 Å². The Kier molecular flexibility index (Phi) is 5.50. The molecule has 0 amide bonds. The van der Waals surface area contributed by atoms with Crippen LogP contribution in [-0.2, 0) is 27.0 Å². The molecule has 0 aliphatic heterocycles. The van der Waals surface area contributed by atoms with Gasteiger partial charge in [0.1, 0.15) is 0 Å². The molecule has 0 radical (unpaired) electrons. The zero-order valence-corrected chi connectivity index (χ0v) is 14.6. The van der Waals surface area contributed by atoms with E-state index in [9.17, 15) is 8.78 Å². The second kappa shape index (κ2) is 7.59. The standard InChI is InChI=1S/C19H20F2N.Ti/c20-16-11-12-19(18(21)13-16)22(17-9-5-2-6-10-17)14-15-7-3-1-4-8-15;/h1,3-4,7-8,11-12,17H,2,5-6,9-10,14H2;. The van der Waals surface area contributed by atoms with Crippen molar-refractivity contribution in [2.45, 2.75) is 44.7 Å². The molecule has 2 aromatic rings. The van der Waals surface area contributed by atoms with Crippen LogP contribution in [0.25, 0.3) is 0 Å². The average molecular weight is 348 g/mol. The maximum absolute atomic E-state index is 14.7. The second-order valence-corrected chi connectivity index (χ2v) is 6.94. The van der Waals surface area contributed by atoms with Crippen molar-refractivity contribution in [2.75, 3.05) is 4.90 Å². The molecule has 1 aliphatic carbocycles. The summed E-state index contributed by atoms with van der Waals surface area (Å²) in [5.74, 6) is -0.902. The number of rotatable bonds is 4. The van der Waals surface area contributed by atoms with Gasteiger partial charge in [0.25, 0.3) is 0 Å². The number of halogens is 2. The molecule has 1 aliphatic rings. The van der Waals surface area contributed by atoms with Gasteiger partial charge in [-0.15, -0.1) is 0 Å². The molecular formula is C19H20F2NTi. The van der Waals surface area contributed by atoms with E-state index in [0.29, 0.717) is 18.3 Å². The van der Waals surface area contributed by atoms with Crippen LogP contribution in [0, 0.1) is 11.6 Å². The van der Waals surface area contributed by atoms with Crippen molar-refractivity contribution < 1.29 is 29.2 Å². The minimum absolute atomic E-state index is 0.108. The van der Waals surface area contributed by atoms with Gasteiger partial charge in [-0.1, -0.05) is 0 Å². The molecule has 0 bridgehead atoms. The quantitative estimate of drug-likeness (QED) is 0.737. The molecule has 0 saturated heterocycles. The molecule has 0 spiro atoms. The third kappa shape index (κ3) is 3.84. The molecule has 4 heteroatoms. The van der Waals surface area contributed by atoms with Crippen molar-refractivity contribution in [1.82, 2.24) is 0 Å². The summed E-state index contributed by atoms with van der Waals surface area (Å²) in [6.07, 6.45) is 5.75. The Balaban J connectivity index is 1.96. The van der Waals surface area contributed by atoms with E-state index in [1.54, 1.807) is 6.07 Å². The van der Waals surface area contributed by atoms with Crippen LogP contribution in [0.4, 0.5) is 14.5 Å². The van der Waals surface area contributed by atoms with Gasteiger partial charge >= 0.3 is 148 Å². The predicted molar refractivity (Wildman–Crippen MR) is 85.5 cm³/mol. The fraction of sp³-hybridized carbons (Fsp3) is 0.368. The van der Waals surface area contributed by atoms with Crippen LogP contribution in [0.2, 0.25) is 0 Å². The van der Waals surface area contributed by atoms with E-state index in [4.69, 9.17) is 0 Å². The van der Waals surface area contributed by atoms with Crippen molar-refractivity contribution in [3.63, 3.8) is 0 Å². The molecule has 1 fully saturated rings. The first-order valence-corrected chi connectivity index (χ1v) is 8.95. The third-order valence-corrected chi connectivity index (χ3v) is 5.31. The topological polar surface area (TPSA) is 3.24 Å². The van der Waals surface area contributed by atoms with Crippen LogP contribution in [0.5, 0.6) is 0 Å². The maximum atomic E-state index is 14.7. The normalized spacial score (nSPS) is 15.5. The number of hydrogen-bond donors (Lipinski definition) is 0. The molecule has 0 N–H and O–H groups in total. The van der Waals surface area contributed by atoms with Gasteiger partial charge < -0.3 is 0 Å². The van der Waals surface area contributed by atoms with Crippen LogP contribution >= 0.6 is 0 Å². The Hall–Kier alpha value is -1.19. The van der Waals surface area contributed by atoms with Gasteiger partial charge in [0.2, 0.25) is 0 Å². The van der Waals surface area contributed by atoms with Gasteiger partial charge in [0.05, 0.1) is 0 Å². The Bertz CT molecular complexity index is 654. The molecule has 23 heavy (non-hydrogen) atoms. The van der Waals surface area contributed by atoms with Gasteiger partial charge in [-0.3, -0.25) is 0 Å². The summed E-state index contributed by atoms with van der Waals surface area (Å²) in [5, 5.41) is 0. The minimum atomic E-state index is -0.477. The number of benzene rings is 2. The van der Waals surface area contributed by atoms with Gasteiger partial charge in [-0.05, 0) is 0 Å². The zero-order chi connectivity index (χ0) is 16.2. The first-order valence-electron chi connectivity index (χ1n) is 8.17. The summed E-state index contributed by atoms with van der Waals surface area (Å²) >= 11 is 1.51. The Morgan fingerprint density at radius 1 is 0.957 bits per heavy atom. The third-order valence-electron chi connectivity index (χ3n) is 4.59. The van der Waals surface area contributed by atoms with Crippen molar-refractivity contribution >= 4 is 9.56 Å². The molecule has 0 atom stereocenters. The summed E-state index contributed by atoms with van der Waals surface area (Å²) in [4.78, 5) is 2.14. The monoisotopic (exact) mass is 348 g/mol. The summed E-state index contributed by atoms with van der Waals surface area (Å²) in [6, 6.07) is 13.4. The molecule has 1 nitrogen and oxygen atoms in total. The number of anilines is 1. The van der Waals surface area contributed by atoms with E-state index in [0.717, 1.165) is 18.4 Å². The van der Waals surface area contributed by atoms with Crippen LogP contribution in [0.15, 0.2) is 42.5 Å². The Labute approximate surface area is 148 Å². The van der Waals surface area contributed by atoms with Gasteiger partial charge in [-0.2, -0.15) is 0 Å². The summed E-state index contributed by atoms with van der Waals surface area (Å²) in [5.41, 5.74) is 1.68. The van der Waals surface area contributed by atoms with Gasteiger partial charge in [-0.25, -0.2) is 0 Å². The number of hydrogen-bond acceptors (Lipinski definition) is 1. The summed E-state index contributed by atoms with van der Waals surface area (Å²) < 4.78 is 28.4. The van der Waals surface area contributed by atoms with Gasteiger partial charge in [0, 0.05) is 0 Å². The van der Waals surface area contributed by atoms with E-state index in [-0.39, 0.29) is 3.87 Å². The van der Waals surface area contributed by atoms with Crippen molar-refractivity contribution in [1.29, 1.82) is 0 Å². The van der Waals surface area contributed by atoms with E-state index in [1.165, 1.54) is 45.8 Å². The first kappa shape index (κ1) is 16.7. The molecule has 0 aromatic heterocycles. The predicted octanol–water partition coefficient (Wildman–Crippen LogP) is 4.48. The molecule has 2 aromatic carbocycles. The second-order valence-electron chi connectivity index (χ2n) is 6.16. The van der Waals surface area contributed by atoms with Crippen molar-refractivity contribution in [3.05, 3.63) is 59.7 Å². The average Bonchev–Trinajstić information content (AvgIpc) is 2.60. The van der Waals surface area contributed by atoms with Crippen LogP contribution in [-0.4, -0.2) is 6.04 Å². The molecule has 119 valence electrons. The Morgan fingerprint density at radius 2 is 1.65 bits per heavy atom. The molecule has 0 heterocycles. The van der Waals surface area contributed by atoms with E-state index >= 15 is 0 Å².